The van der Waals surface area contributed by atoms with Crippen LogP contribution < -0.4 is 0 Å². The van der Waals surface area contributed by atoms with Gasteiger partial charge >= 0.3 is 0 Å². The van der Waals surface area contributed by atoms with Gasteiger partial charge in [0.15, 0.2) is 0 Å². The highest BCUT2D eigenvalue weighted by atomic mass is 79.9. The fourth-order valence-corrected chi connectivity index (χ4v) is 2.15. The quantitative estimate of drug-likeness (QED) is 0.864. The molecule has 0 N–H and O–H groups in total. The van der Waals surface area contributed by atoms with Crippen LogP contribution in [0.4, 0.5) is 0 Å². The maximum atomic E-state index is 4.44. The summed E-state index contributed by atoms with van der Waals surface area (Å²) in [7, 11) is 4.16. The van der Waals surface area contributed by atoms with Crippen LogP contribution in [-0.2, 0) is 6.54 Å². The van der Waals surface area contributed by atoms with Crippen molar-refractivity contribution in [2.24, 2.45) is 0 Å². The van der Waals surface area contributed by atoms with E-state index in [0.717, 1.165) is 29.0 Å². The predicted octanol–water partition coefficient (Wildman–Crippen LogP) is 2.87. The third kappa shape index (κ3) is 2.96. The molecule has 17 heavy (non-hydrogen) atoms. The molecule has 2 rings (SSSR count). The average Bonchev–Trinajstić information content (AvgIpc) is 2.75. The molecule has 1 aromatic carbocycles. The van der Waals surface area contributed by atoms with E-state index in [1.54, 1.807) is 0 Å². The molecule has 2 aromatic rings. The Morgan fingerprint density at radius 3 is 2.76 bits per heavy atom. The number of hydrogen-bond acceptors (Lipinski definition) is 2. The third-order valence-electron chi connectivity index (χ3n) is 2.62. The van der Waals surface area contributed by atoms with Crippen molar-refractivity contribution in [3.05, 3.63) is 41.1 Å². The Labute approximate surface area is 110 Å². The van der Waals surface area contributed by atoms with Crippen molar-refractivity contribution < 1.29 is 0 Å². The van der Waals surface area contributed by atoms with Crippen molar-refractivity contribution in [3.8, 4) is 11.4 Å². The number of likely N-dealkylation sites (N-methyl/N-ethyl adjacent to an activating group) is 1. The Kier molecular flexibility index (Phi) is 3.97. The van der Waals surface area contributed by atoms with Gasteiger partial charge in [-0.2, -0.15) is 0 Å². The third-order valence-corrected chi connectivity index (χ3v) is 3.31. The summed E-state index contributed by atoms with van der Waals surface area (Å²) in [5.41, 5.74) is 1.14. The van der Waals surface area contributed by atoms with Crippen molar-refractivity contribution in [2.45, 2.75) is 6.54 Å². The number of aromatic nitrogens is 2. The summed E-state index contributed by atoms with van der Waals surface area (Å²) >= 11 is 3.57. The minimum Gasteiger partial charge on any atom is -0.330 e. The average molecular weight is 294 g/mol. The molecule has 1 aromatic heterocycles. The molecule has 4 heteroatoms. The molecule has 0 amide bonds. The van der Waals surface area contributed by atoms with Crippen LogP contribution in [0.1, 0.15) is 0 Å². The highest BCUT2D eigenvalue weighted by molar-refractivity contribution is 9.10. The van der Waals surface area contributed by atoms with Gasteiger partial charge in [-0.15, -0.1) is 0 Å². The summed E-state index contributed by atoms with van der Waals surface area (Å²) in [6.45, 7) is 1.96. The van der Waals surface area contributed by atoms with E-state index >= 15 is 0 Å². The molecule has 3 nitrogen and oxygen atoms in total. The van der Waals surface area contributed by atoms with Crippen molar-refractivity contribution in [1.29, 1.82) is 0 Å². The van der Waals surface area contributed by atoms with Crippen molar-refractivity contribution in [3.63, 3.8) is 0 Å². The van der Waals surface area contributed by atoms with Crippen LogP contribution in [0.25, 0.3) is 11.4 Å². The number of nitrogens with zero attached hydrogens (tertiary/aromatic N) is 3. The van der Waals surface area contributed by atoms with E-state index in [4.69, 9.17) is 0 Å². The van der Waals surface area contributed by atoms with E-state index in [1.807, 2.05) is 30.6 Å². The normalized spacial score (nSPS) is 11.1. The largest absolute Gasteiger partial charge is 0.330 e. The molecule has 0 radical (unpaired) electrons. The van der Waals surface area contributed by atoms with Crippen LogP contribution in [0.3, 0.4) is 0 Å². The molecule has 0 aliphatic heterocycles. The highest BCUT2D eigenvalue weighted by Gasteiger charge is 2.08. The van der Waals surface area contributed by atoms with Gasteiger partial charge in [0.05, 0.1) is 0 Å². The lowest BCUT2D eigenvalue weighted by atomic mass is 10.2. The second kappa shape index (κ2) is 5.47. The van der Waals surface area contributed by atoms with E-state index in [0.29, 0.717) is 0 Å². The Morgan fingerprint density at radius 1 is 1.29 bits per heavy atom. The van der Waals surface area contributed by atoms with Gasteiger partial charge < -0.3 is 9.47 Å². The van der Waals surface area contributed by atoms with Gasteiger partial charge in [0.1, 0.15) is 5.82 Å². The topological polar surface area (TPSA) is 21.1 Å². The Balaban J connectivity index is 2.28. The summed E-state index contributed by atoms with van der Waals surface area (Å²) < 4.78 is 3.26. The predicted molar refractivity (Wildman–Crippen MR) is 73.9 cm³/mol. The fraction of sp³-hybridized carbons (Fsp3) is 0.308. The fourth-order valence-electron chi connectivity index (χ4n) is 1.68. The maximum absolute atomic E-state index is 4.44. The van der Waals surface area contributed by atoms with Gasteiger partial charge in [0.25, 0.3) is 0 Å². The monoisotopic (exact) mass is 293 g/mol. The molecular weight excluding hydrogens is 278 g/mol. The first kappa shape index (κ1) is 12.3. The number of hydrogen-bond donors (Lipinski definition) is 0. The lowest BCUT2D eigenvalue weighted by Gasteiger charge is -2.12. The van der Waals surface area contributed by atoms with Gasteiger partial charge in [0, 0.05) is 35.5 Å². The molecule has 0 aliphatic carbocycles. The van der Waals surface area contributed by atoms with E-state index in [1.165, 1.54) is 0 Å². The minimum absolute atomic E-state index is 0.948. The van der Waals surface area contributed by atoms with Crippen LogP contribution >= 0.6 is 15.9 Å². The van der Waals surface area contributed by atoms with Crippen LogP contribution in [0.2, 0.25) is 0 Å². The smallest absolute Gasteiger partial charge is 0.141 e. The first-order valence-electron chi connectivity index (χ1n) is 5.59. The first-order chi connectivity index (χ1) is 8.18. The number of imidazole rings is 1. The molecule has 0 aliphatic rings. The van der Waals surface area contributed by atoms with Gasteiger partial charge in [-0.3, -0.25) is 0 Å². The summed E-state index contributed by atoms with van der Waals surface area (Å²) in [4.78, 5) is 6.61. The van der Waals surface area contributed by atoms with E-state index in [2.05, 4.69) is 50.5 Å². The molecule has 1 heterocycles. The van der Waals surface area contributed by atoms with E-state index in [-0.39, 0.29) is 0 Å². The number of rotatable bonds is 4. The van der Waals surface area contributed by atoms with E-state index in [9.17, 15) is 0 Å². The first-order valence-corrected chi connectivity index (χ1v) is 6.38. The van der Waals surface area contributed by atoms with Crippen molar-refractivity contribution >= 4 is 15.9 Å². The molecular formula is C13H16BrN3. The Hall–Kier alpha value is -1.13. The second-order valence-electron chi connectivity index (χ2n) is 4.23. The summed E-state index contributed by atoms with van der Waals surface area (Å²) in [5.74, 6) is 1.01. The molecule has 0 spiro atoms. The van der Waals surface area contributed by atoms with Gasteiger partial charge in [-0.05, 0) is 20.2 Å². The molecule has 0 saturated carbocycles. The number of benzene rings is 1. The van der Waals surface area contributed by atoms with Crippen LogP contribution in [0.15, 0.2) is 41.1 Å². The van der Waals surface area contributed by atoms with Crippen molar-refractivity contribution in [2.75, 3.05) is 20.6 Å². The zero-order chi connectivity index (χ0) is 12.3. The van der Waals surface area contributed by atoms with Gasteiger partial charge in [-0.25, -0.2) is 4.98 Å². The van der Waals surface area contributed by atoms with Crippen LogP contribution in [-0.4, -0.2) is 35.1 Å². The Morgan fingerprint density at radius 2 is 2.06 bits per heavy atom. The highest BCUT2D eigenvalue weighted by Crippen LogP contribution is 2.26. The molecule has 0 fully saturated rings. The standard InChI is InChI=1S/C13H16BrN3/c1-16(2)9-10-17-8-7-15-13(17)11-5-3-4-6-12(11)14/h3-8H,9-10H2,1-2H3. The van der Waals surface area contributed by atoms with Crippen LogP contribution in [0.5, 0.6) is 0 Å². The maximum Gasteiger partial charge on any atom is 0.141 e. The summed E-state index contributed by atoms with van der Waals surface area (Å²) in [6, 6.07) is 8.17. The SMILES string of the molecule is CN(C)CCn1ccnc1-c1ccccc1Br. The molecule has 0 atom stereocenters. The lowest BCUT2D eigenvalue weighted by molar-refractivity contribution is 0.385. The molecule has 90 valence electrons. The van der Waals surface area contributed by atoms with Crippen LogP contribution in [0, 0.1) is 0 Å². The molecule has 0 unspecified atom stereocenters. The zero-order valence-electron chi connectivity index (χ0n) is 10.1. The summed E-state index contributed by atoms with van der Waals surface area (Å²) in [5, 5.41) is 0. The molecule has 0 bridgehead atoms. The lowest BCUT2D eigenvalue weighted by Crippen LogP contribution is -2.18. The Bertz CT molecular complexity index is 491. The zero-order valence-corrected chi connectivity index (χ0v) is 11.7. The van der Waals surface area contributed by atoms with Gasteiger partial charge in [0.2, 0.25) is 0 Å². The minimum atomic E-state index is 0.948. The second-order valence-corrected chi connectivity index (χ2v) is 5.08. The molecule has 0 saturated heterocycles. The number of halogens is 1. The van der Waals surface area contributed by atoms with Gasteiger partial charge in [-0.1, -0.05) is 34.1 Å². The summed E-state index contributed by atoms with van der Waals surface area (Å²) in [6.07, 6.45) is 3.88. The van der Waals surface area contributed by atoms with Crippen molar-refractivity contribution in [1.82, 2.24) is 14.5 Å². The van der Waals surface area contributed by atoms with E-state index < -0.39 is 0 Å².